The van der Waals surface area contributed by atoms with Crippen molar-refractivity contribution in [2.75, 3.05) is 13.7 Å². The van der Waals surface area contributed by atoms with E-state index in [4.69, 9.17) is 0 Å². The maximum absolute atomic E-state index is 10.8. The molecule has 0 aromatic carbocycles. The van der Waals surface area contributed by atoms with Crippen molar-refractivity contribution >= 4 is 24.7 Å². The molecule has 1 heterocycles. The van der Waals surface area contributed by atoms with Crippen molar-refractivity contribution in [1.29, 1.82) is 0 Å². The van der Waals surface area contributed by atoms with E-state index in [1.807, 2.05) is 0 Å². The number of rotatable bonds is 0. The molecule has 0 aliphatic carbocycles. The fourth-order valence-corrected chi connectivity index (χ4v) is 0.628. The number of halogens is 1. The summed E-state index contributed by atoms with van der Waals surface area (Å²) in [5, 5.41) is 0. The van der Waals surface area contributed by atoms with Crippen molar-refractivity contribution in [3.05, 3.63) is 12.4 Å². The Balaban J connectivity index is 0.000001000. The summed E-state index contributed by atoms with van der Waals surface area (Å²) in [6.45, 7) is 0.489. The Kier molecular flexibility index (Phi) is 4.29. The van der Waals surface area contributed by atoms with Gasteiger partial charge in [-0.25, -0.2) is 4.79 Å². The molecular formula is C6H9ClN2O2. The van der Waals surface area contributed by atoms with E-state index < -0.39 is 0 Å². The van der Waals surface area contributed by atoms with Gasteiger partial charge in [0.1, 0.15) is 0 Å². The molecule has 0 spiro atoms. The first-order chi connectivity index (χ1) is 4.84. The normalized spacial score (nSPS) is 14.1. The highest BCUT2D eigenvalue weighted by molar-refractivity contribution is 5.85. The lowest BCUT2D eigenvalue weighted by atomic mass is 10.5. The van der Waals surface area contributed by atoms with Crippen LogP contribution in [0.2, 0.25) is 0 Å². The lowest BCUT2D eigenvalue weighted by Gasteiger charge is -2.15. The minimum absolute atomic E-state index is 0. The Hall–Kier alpha value is -1.03. The molecule has 0 aromatic rings. The molecule has 1 rings (SSSR count). The second-order valence-corrected chi connectivity index (χ2v) is 1.75. The highest BCUT2D eigenvalue weighted by atomic mass is 35.5. The van der Waals surface area contributed by atoms with E-state index in [1.165, 1.54) is 12.0 Å². The first-order valence-electron chi connectivity index (χ1n) is 2.87. The standard InChI is InChI=1S/C6H8N2O2.ClH/c1-10-6(9)8-4-2-7-3-5-8;/h2-4H,5H2,1H3;1H. The fourth-order valence-electron chi connectivity index (χ4n) is 0.628. The number of amides is 1. The molecule has 0 saturated carbocycles. The fraction of sp³-hybridized carbons (Fsp3) is 0.333. The molecule has 0 radical (unpaired) electrons. The van der Waals surface area contributed by atoms with Crippen LogP contribution in [0, 0.1) is 0 Å². The zero-order valence-electron chi connectivity index (χ0n) is 6.06. The second-order valence-electron chi connectivity index (χ2n) is 1.75. The Morgan fingerprint density at radius 3 is 2.91 bits per heavy atom. The molecule has 4 nitrogen and oxygen atoms in total. The van der Waals surface area contributed by atoms with Crippen molar-refractivity contribution < 1.29 is 9.53 Å². The maximum Gasteiger partial charge on any atom is 0.413 e. The molecule has 1 aliphatic rings. The van der Waals surface area contributed by atoms with E-state index in [1.54, 1.807) is 18.6 Å². The molecule has 0 N–H and O–H groups in total. The number of aliphatic imine (C=N–C) groups is 1. The molecule has 0 unspecified atom stereocenters. The third-order valence-electron chi connectivity index (χ3n) is 1.13. The van der Waals surface area contributed by atoms with Gasteiger partial charge in [-0.3, -0.25) is 9.89 Å². The van der Waals surface area contributed by atoms with E-state index in [0.717, 1.165) is 0 Å². The quantitative estimate of drug-likeness (QED) is 0.553. The number of carbonyl (C=O) groups is 1. The third-order valence-corrected chi connectivity index (χ3v) is 1.13. The maximum atomic E-state index is 10.8. The van der Waals surface area contributed by atoms with Crippen LogP contribution in [0.5, 0.6) is 0 Å². The second kappa shape index (κ2) is 4.73. The molecule has 1 amide bonds. The number of carbonyl (C=O) groups excluding carboxylic acids is 1. The van der Waals surface area contributed by atoms with Gasteiger partial charge in [-0.2, -0.15) is 0 Å². The average molecular weight is 177 g/mol. The Labute approximate surface area is 71.0 Å². The first-order valence-corrected chi connectivity index (χ1v) is 2.87. The van der Waals surface area contributed by atoms with Crippen LogP contribution in [0.15, 0.2) is 17.4 Å². The number of hydrogen-bond acceptors (Lipinski definition) is 3. The number of nitrogens with zero attached hydrogens (tertiary/aromatic N) is 2. The molecule has 0 atom stereocenters. The predicted molar refractivity (Wildman–Crippen MR) is 44.0 cm³/mol. The van der Waals surface area contributed by atoms with Crippen LogP contribution >= 0.6 is 12.4 Å². The van der Waals surface area contributed by atoms with Crippen LogP contribution in [0.1, 0.15) is 0 Å². The van der Waals surface area contributed by atoms with Gasteiger partial charge < -0.3 is 4.74 Å². The molecule has 0 bridgehead atoms. The summed E-state index contributed by atoms with van der Waals surface area (Å²) in [7, 11) is 1.35. The molecule has 0 saturated heterocycles. The van der Waals surface area contributed by atoms with Gasteiger partial charge in [0.15, 0.2) is 0 Å². The minimum Gasteiger partial charge on any atom is -0.452 e. The molecule has 0 fully saturated rings. The highest BCUT2D eigenvalue weighted by Gasteiger charge is 2.09. The van der Waals surface area contributed by atoms with E-state index >= 15 is 0 Å². The Morgan fingerprint density at radius 2 is 2.45 bits per heavy atom. The molecule has 0 aromatic heterocycles. The topological polar surface area (TPSA) is 41.9 Å². The van der Waals surface area contributed by atoms with Gasteiger partial charge in [-0.1, -0.05) is 0 Å². The van der Waals surface area contributed by atoms with Crippen molar-refractivity contribution in [1.82, 2.24) is 4.90 Å². The summed E-state index contributed by atoms with van der Waals surface area (Å²) in [6, 6.07) is 0. The van der Waals surface area contributed by atoms with Crippen LogP contribution in [0.4, 0.5) is 4.79 Å². The summed E-state index contributed by atoms with van der Waals surface area (Å²) in [6.07, 6.45) is 4.39. The van der Waals surface area contributed by atoms with Gasteiger partial charge in [-0.05, 0) is 0 Å². The lowest BCUT2D eigenvalue weighted by Crippen LogP contribution is -2.28. The zero-order valence-corrected chi connectivity index (χ0v) is 6.87. The van der Waals surface area contributed by atoms with Gasteiger partial charge in [0.05, 0.1) is 13.7 Å². The lowest BCUT2D eigenvalue weighted by molar-refractivity contribution is 0.144. The number of methoxy groups -OCH3 is 1. The highest BCUT2D eigenvalue weighted by Crippen LogP contribution is 1.96. The molecule has 11 heavy (non-hydrogen) atoms. The van der Waals surface area contributed by atoms with Crippen molar-refractivity contribution in [3.63, 3.8) is 0 Å². The summed E-state index contributed by atoms with van der Waals surface area (Å²) in [5.74, 6) is 0. The minimum atomic E-state index is -0.359. The molecule has 62 valence electrons. The van der Waals surface area contributed by atoms with Gasteiger partial charge in [-0.15, -0.1) is 12.4 Å². The monoisotopic (exact) mass is 176 g/mol. The van der Waals surface area contributed by atoms with Crippen LogP contribution < -0.4 is 0 Å². The van der Waals surface area contributed by atoms with Crippen molar-refractivity contribution in [2.24, 2.45) is 4.99 Å². The van der Waals surface area contributed by atoms with Gasteiger partial charge in [0.25, 0.3) is 0 Å². The van der Waals surface area contributed by atoms with Crippen molar-refractivity contribution in [2.45, 2.75) is 0 Å². The summed E-state index contributed by atoms with van der Waals surface area (Å²) in [5.41, 5.74) is 0. The number of hydrogen-bond donors (Lipinski definition) is 0. The summed E-state index contributed by atoms with van der Waals surface area (Å²) < 4.78 is 4.46. The number of ether oxygens (including phenoxy) is 1. The van der Waals surface area contributed by atoms with Gasteiger partial charge in [0, 0.05) is 18.6 Å². The molecular weight excluding hydrogens is 168 g/mol. The van der Waals surface area contributed by atoms with Gasteiger partial charge >= 0.3 is 6.09 Å². The Bertz CT molecular complexity index is 191. The average Bonchev–Trinajstić information content (AvgIpc) is 2.05. The summed E-state index contributed by atoms with van der Waals surface area (Å²) in [4.78, 5) is 16.0. The first kappa shape index (κ1) is 9.97. The van der Waals surface area contributed by atoms with E-state index in [-0.39, 0.29) is 18.5 Å². The van der Waals surface area contributed by atoms with Crippen LogP contribution in [0.3, 0.4) is 0 Å². The van der Waals surface area contributed by atoms with Crippen LogP contribution in [-0.4, -0.2) is 30.9 Å². The summed E-state index contributed by atoms with van der Waals surface area (Å²) >= 11 is 0. The largest absolute Gasteiger partial charge is 0.452 e. The molecule has 5 heteroatoms. The predicted octanol–water partition coefficient (Wildman–Crippen LogP) is 1.03. The third kappa shape index (κ3) is 2.59. The Morgan fingerprint density at radius 1 is 1.73 bits per heavy atom. The van der Waals surface area contributed by atoms with E-state index in [0.29, 0.717) is 6.54 Å². The smallest absolute Gasteiger partial charge is 0.413 e. The van der Waals surface area contributed by atoms with Crippen molar-refractivity contribution in [3.8, 4) is 0 Å². The molecule has 1 aliphatic heterocycles. The van der Waals surface area contributed by atoms with Crippen LogP contribution in [0.25, 0.3) is 0 Å². The van der Waals surface area contributed by atoms with E-state index in [9.17, 15) is 4.79 Å². The SMILES string of the molecule is COC(=O)N1C=CN=CC1.Cl. The zero-order chi connectivity index (χ0) is 7.40. The van der Waals surface area contributed by atoms with E-state index in [2.05, 4.69) is 9.73 Å². The van der Waals surface area contributed by atoms with Crippen LogP contribution in [-0.2, 0) is 4.74 Å². The van der Waals surface area contributed by atoms with Gasteiger partial charge in [0.2, 0.25) is 0 Å².